The van der Waals surface area contributed by atoms with Gasteiger partial charge in [0, 0.05) is 75.0 Å². The summed E-state index contributed by atoms with van der Waals surface area (Å²) in [5.41, 5.74) is 3.76. The van der Waals surface area contributed by atoms with Crippen LogP contribution in [0.1, 0.15) is 52.2 Å². The Morgan fingerprint density at radius 2 is 1.70 bits per heavy atom. The van der Waals surface area contributed by atoms with E-state index < -0.39 is 12.7 Å². The normalized spacial score (nSPS) is 24.7. The number of aliphatic hydroxyl groups excluding tert-OH is 1. The second kappa shape index (κ2) is 13.3. The average Bonchev–Trinajstić information content (AvgIpc) is 3.03. The van der Waals surface area contributed by atoms with Crippen molar-refractivity contribution in [2.24, 2.45) is 4.99 Å². The molecule has 9 nitrogen and oxygen atoms in total. The highest BCUT2D eigenvalue weighted by atomic mass is 19.3. The van der Waals surface area contributed by atoms with Gasteiger partial charge in [0.05, 0.1) is 38.2 Å². The van der Waals surface area contributed by atoms with E-state index in [0.717, 1.165) is 74.9 Å². The van der Waals surface area contributed by atoms with Crippen LogP contribution in [-0.4, -0.2) is 123 Å². The third-order valence-corrected chi connectivity index (χ3v) is 9.19. The zero-order chi connectivity index (χ0) is 29.9. The molecule has 11 heteroatoms. The van der Waals surface area contributed by atoms with Gasteiger partial charge >= 0.3 is 6.61 Å². The third-order valence-electron chi connectivity index (χ3n) is 9.19. The lowest BCUT2D eigenvalue weighted by Crippen LogP contribution is -2.51. The molecule has 2 aromatic rings. The van der Waals surface area contributed by atoms with Crippen LogP contribution in [0.3, 0.4) is 0 Å². The van der Waals surface area contributed by atoms with Gasteiger partial charge in [-0.1, -0.05) is 12.1 Å². The van der Waals surface area contributed by atoms with Crippen LogP contribution in [-0.2, 0) is 4.74 Å². The molecular weight excluding hydrogens is 558 g/mol. The smallest absolute Gasteiger partial charge is 0.387 e. The molecule has 3 heterocycles. The van der Waals surface area contributed by atoms with Gasteiger partial charge in [-0.15, -0.1) is 0 Å². The summed E-state index contributed by atoms with van der Waals surface area (Å²) < 4.78 is 42.0. The SMILES string of the molecule is COc1cc2c(cc1OC(F)F)C1CC(O)CCC1N=C2c1ccc(C(=O)N2CCN(CCN3CCOCC3)CC2)cc1. The van der Waals surface area contributed by atoms with Gasteiger partial charge in [-0.2, -0.15) is 8.78 Å². The molecule has 0 aromatic heterocycles. The number of amides is 1. The van der Waals surface area contributed by atoms with Gasteiger partial charge < -0.3 is 24.2 Å². The van der Waals surface area contributed by atoms with E-state index in [1.165, 1.54) is 7.11 Å². The van der Waals surface area contributed by atoms with Crippen LogP contribution in [0, 0.1) is 0 Å². The molecule has 0 bridgehead atoms. The highest BCUT2D eigenvalue weighted by molar-refractivity contribution is 6.15. The molecule has 3 unspecified atom stereocenters. The van der Waals surface area contributed by atoms with Crippen LogP contribution < -0.4 is 9.47 Å². The molecule has 1 N–H and O–H groups in total. The minimum absolute atomic E-state index is 0.0159. The number of hydrogen-bond acceptors (Lipinski definition) is 8. The van der Waals surface area contributed by atoms with Crippen molar-refractivity contribution >= 4 is 11.6 Å². The van der Waals surface area contributed by atoms with Gasteiger partial charge in [-0.25, -0.2) is 0 Å². The Bertz CT molecular complexity index is 1310. The van der Waals surface area contributed by atoms with Crippen molar-refractivity contribution in [3.05, 3.63) is 58.7 Å². The first-order valence-corrected chi connectivity index (χ1v) is 15.2. The number of benzene rings is 2. The van der Waals surface area contributed by atoms with Gasteiger partial charge in [-0.05, 0) is 49.1 Å². The van der Waals surface area contributed by atoms with Crippen LogP contribution in [0.25, 0.3) is 0 Å². The molecule has 43 heavy (non-hydrogen) atoms. The highest BCUT2D eigenvalue weighted by Crippen LogP contribution is 2.45. The maximum Gasteiger partial charge on any atom is 0.387 e. The van der Waals surface area contributed by atoms with Crippen molar-refractivity contribution in [3.63, 3.8) is 0 Å². The lowest BCUT2D eigenvalue weighted by atomic mass is 9.74. The van der Waals surface area contributed by atoms with E-state index in [-0.39, 0.29) is 29.4 Å². The summed E-state index contributed by atoms with van der Waals surface area (Å²) in [5.74, 6) is 0.0693. The first kappa shape index (κ1) is 29.9. The molecule has 0 spiro atoms. The molecule has 6 rings (SSSR count). The quantitative estimate of drug-likeness (QED) is 0.500. The van der Waals surface area contributed by atoms with Crippen LogP contribution in [0.15, 0.2) is 41.4 Å². The number of halogens is 2. The zero-order valence-electron chi connectivity index (χ0n) is 24.6. The molecular formula is C32H40F2N4O5. The number of nitrogens with zero attached hydrogens (tertiary/aromatic N) is 4. The second-order valence-corrected chi connectivity index (χ2v) is 11.8. The van der Waals surface area contributed by atoms with Crippen molar-refractivity contribution in [1.29, 1.82) is 0 Å². The van der Waals surface area contributed by atoms with Crippen molar-refractivity contribution in [3.8, 4) is 11.5 Å². The van der Waals surface area contributed by atoms with Crippen molar-refractivity contribution in [2.75, 3.05) is 72.7 Å². The number of carbonyl (C=O) groups is 1. The molecule has 2 saturated heterocycles. The number of methoxy groups -OCH3 is 1. The molecule has 2 aromatic carbocycles. The maximum absolute atomic E-state index is 13.4. The van der Waals surface area contributed by atoms with Crippen molar-refractivity contribution in [1.82, 2.24) is 14.7 Å². The molecule has 0 radical (unpaired) electrons. The van der Waals surface area contributed by atoms with Crippen molar-refractivity contribution < 1.29 is 32.9 Å². The van der Waals surface area contributed by atoms with Crippen LogP contribution >= 0.6 is 0 Å². The molecule has 3 atom stereocenters. The van der Waals surface area contributed by atoms with Gasteiger partial charge in [-0.3, -0.25) is 19.6 Å². The molecule has 1 aliphatic carbocycles. The average molecular weight is 599 g/mol. The minimum atomic E-state index is -2.99. The molecule has 3 aliphatic heterocycles. The largest absolute Gasteiger partial charge is 0.493 e. The fraction of sp³-hybridized carbons (Fsp3) is 0.562. The summed E-state index contributed by atoms with van der Waals surface area (Å²) in [6.07, 6.45) is 1.37. The lowest BCUT2D eigenvalue weighted by molar-refractivity contribution is -0.0513. The first-order chi connectivity index (χ1) is 20.9. The predicted molar refractivity (Wildman–Crippen MR) is 158 cm³/mol. The highest BCUT2D eigenvalue weighted by Gasteiger charge is 2.37. The van der Waals surface area contributed by atoms with E-state index in [1.54, 1.807) is 12.1 Å². The number of ether oxygens (including phenoxy) is 3. The van der Waals surface area contributed by atoms with Gasteiger partial charge in [0.15, 0.2) is 11.5 Å². The summed E-state index contributed by atoms with van der Waals surface area (Å²) in [6, 6.07) is 10.7. The van der Waals surface area contributed by atoms with Gasteiger partial charge in [0.1, 0.15) is 0 Å². The Labute approximate surface area is 251 Å². The Morgan fingerprint density at radius 1 is 1.00 bits per heavy atom. The topological polar surface area (TPSA) is 87.1 Å². The van der Waals surface area contributed by atoms with Crippen LogP contribution in [0.5, 0.6) is 11.5 Å². The van der Waals surface area contributed by atoms with E-state index >= 15 is 0 Å². The summed E-state index contributed by atoms with van der Waals surface area (Å²) >= 11 is 0. The number of carbonyl (C=O) groups excluding carboxylic acids is 1. The lowest BCUT2D eigenvalue weighted by Gasteiger charge is -2.37. The van der Waals surface area contributed by atoms with E-state index in [1.807, 2.05) is 29.2 Å². The summed E-state index contributed by atoms with van der Waals surface area (Å²) in [4.78, 5) is 25.2. The molecule has 4 aliphatic rings. The van der Waals surface area contributed by atoms with Crippen LogP contribution in [0.4, 0.5) is 8.78 Å². The molecule has 1 amide bonds. The monoisotopic (exact) mass is 598 g/mol. The fourth-order valence-corrected chi connectivity index (χ4v) is 6.76. The molecule has 3 fully saturated rings. The Morgan fingerprint density at radius 3 is 2.37 bits per heavy atom. The minimum Gasteiger partial charge on any atom is -0.493 e. The second-order valence-electron chi connectivity index (χ2n) is 11.8. The first-order valence-electron chi connectivity index (χ1n) is 15.2. The molecule has 1 saturated carbocycles. The predicted octanol–water partition coefficient (Wildman–Crippen LogP) is 3.23. The number of morpholine rings is 1. The number of fused-ring (bicyclic) bond motifs is 3. The number of aliphatic imine (C=N–C) groups is 1. The van der Waals surface area contributed by atoms with E-state index in [4.69, 9.17) is 19.2 Å². The number of rotatable bonds is 8. The number of alkyl halides is 2. The van der Waals surface area contributed by atoms with Crippen molar-refractivity contribution in [2.45, 2.75) is 43.9 Å². The van der Waals surface area contributed by atoms with E-state index in [0.29, 0.717) is 37.9 Å². The summed E-state index contributed by atoms with van der Waals surface area (Å²) in [7, 11) is 1.41. The summed E-state index contributed by atoms with van der Waals surface area (Å²) in [5, 5.41) is 10.4. The van der Waals surface area contributed by atoms with E-state index in [2.05, 4.69) is 9.80 Å². The van der Waals surface area contributed by atoms with Gasteiger partial charge in [0.2, 0.25) is 0 Å². The Balaban J connectivity index is 1.16. The van der Waals surface area contributed by atoms with Gasteiger partial charge in [0.25, 0.3) is 5.91 Å². The fourth-order valence-electron chi connectivity index (χ4n) is 6.76. The number of hydrogen-bond donors (Lipinski definition) is 1. The molecule has 232 valence electrons. The number of aliphatic hydroxyl groups is 1. The standard InChI is InChI=1S/C32H40F2N4O5/c1-41-28-20-26-24(19-29(28)43-32(33)34)25-18-23(39)6-7-27(25)35-30(26)21-2-4-22(5-3-21)31(40)38-12-10-36(11-13-38)8-9-37-14-16-42-17-15-37/h2-5,19-20,23,25,27,32,39H,6-18H2,1H3. The van der Waals surface area contributed by atoms with E-state index in [9.17, 15) is 18.7 Å². The third kappa shape index (κ3) is 6.69. The Kier molecular flexibility index (Phi) is 9.22. The maximum atomic E-state index is 13.4. The zero-order valence-corrected chi connectivity index (χ0v) is 24.6. The summed E-state index contributed by atoms with van der Waals surface area (Å²) in [6.45, 7) is 5.73. The van der Waals surface area contributed by atoms with Crippen LogP contribution in [0.2, 0.25) is 0 Å². The number of piperazine rings is 1. The Hall–Kier alpha value is -3.12.